The van der Waals surface area contributed by atoms with Crippen molar-refractivity contribution in [1.29, 1.82) is 5.26 Å². The van der Waals surface area contributed by atoms with Crippen LogP contribution in [0.4, 0.5) is 5.82 Å². The standard InChI is InChI=1S/C10H13N5O2/c11-3-6-5-17-2-1-8(6)14-10(16)7-4-13-15-9(7)12/h4,6,8H,1-2,5H2,(H,14,16)(H3,12,13,15). The van der Waals surface area contributed by atoms with E-state index in [-0.39, 0.29) is 23.7 Å². The molecule has 1 aliphatic heterocycles. The molecule has 1 aromatic rings. The van der Waals surface area contributed by atoms with Gasteiger partial charge in [0.15, 0.2) is 0 Å². The van der Waals surface area contributed by atoms with Crippen molar-refractivity contribution in [1.82, 2.24) is 15.5 Å². The Morgan fingerprint density at radius 3 is 3.24 bits per heavy atom. The maximum absolute atomic E-state index is 11.9. The van der Waals surface area contributed by atoms with E-state index in [4.69, 9.17) is 15.7 Å². The Bertz CT molecular complexity index is 450. The van der Waals surface area contributed by atoms with Crippen LogP contribution in [0.2, 0.25) is 0 Å². The van der Waals surface area contributed by atoms with Gasteiger partial charge < -0.3 is 15.8 Å². The highest BCUT2D eigenvalue weighted by molar-refractivity contribution is 5.98. The Morgan fingerprint density at radius 2 is 2.59 bits per heavy atom. The first-order chi connectivity index (χ1) is 8.22. The van der Waals surface area contributed by atoms with E-state index in [1.807, 2.05) is 0 Å². The molecule has 90 valence electrons. The smallest absolute Gasteiger partial charge is 0.256 e. The summed E-state index contributed by atoms with van der Waals surface area (Å²) in [4.78, 5) is 11.9. The quantitative estimate of drug-likeness (QED) is 0.647. The molecule has 2 heterocycles. The van der Waals surface area contributed by atoms with Gasteiger partial charge in [0.2, 0.25) is 0 Å². The number of nitrogens with zero attached hydrogens (tertiary/aromatic N) is 2. The molecule has 1 amide bonds. The maximum atomic E-state index is 11.9. The van der Waals surface area contributed by atoms with E-state index in [9.17, 15) is 4.79 Å². The molecular formula is C10H13N5O2. The third kappa shape index (κ3) is 2.37. The van der Waals surface area contributed by atoms with Crippen LogP contribution in [-0.4, -0.2) is 35.4 Å². The van der Waals surface area contributed by atoms with E-state index < -0.39 is 0 Å². The molecule has 0 saturated carbocycles. The number of hydrogen-bond donors (Lipinski definition) is 3. The Hall–Kier alpha value is -2.07. The maximum Gasteiger partial charge on any atom is 0.256 e. The van der Waals surface area contributed by atoms with Crippen LogP contribution in [0, 0.1) is 17.2 Å². The van der Waals surface area contributed by atoms with Gasteiger partial charge in [0.1, 0.15) is 11.4 Å². The lowest BCUT2D eigenvalue weighted by Gasteiger charge is -2.27. The average Bonchev–Trinajstić information content (AvgIpc) is 2.76. The van der Waals surface area contributed by atoms with Crippen molar-refractivity contribution in [3.8, 4) is 6.07 Å². The number of rotatable bonds is 2. The average molecular weight is 235 g/mol. The van der Waals surface area contributed by atoms with Crippen molar-refractivity contribution in [2.75, 3.05) is 18.9 Å². The molecule has 0 aromatic carbocycles. The number of aromatic amines is 1. The van der Waals surface area contributed by atoms with Gasteiger partial charge in [-0.2, -0.15) is 10.4 Å². The largest absolute Gasteiger partial charge is 0.383 e. The predicted molar refractivity (Wildman–Crippen MR) is 58.8 cm³/mol. The summed E-state index contributed by atoms with van der Waals surface area (Å²) in [6.07, 6.45) is 1.99. The fourth-order valence-corrected chi connectivity index (χ4v) is 1.76. The van der Waals surface area contributed by atoms with Crippen LogP contribution in [0.3, 0.4) is 0 Å². The molecular weight excluding hydrogens is 222 g/mol. The summed E-state index contributed by atoms with van der Waals surface area (Å²) in [5.74, 6) is -0.410. The van der Waals surface area contributed by atoms with E-state index >= 15 is 0 Å². The number of carbonyl (C=O) groups excluding carboxylic acids is 1. The van der Waals surface area contributed by atoms with Crippen molar-refractivity contribution < 1.29 is 9.53 Å². The number of carbonyl (C=O) groups is 1. The van der Waals surface area contributed by atoms with Crippen molar-refractivity contribution in [2.45, 2.75) is 12.5 Å². The number of nitriles is 1. The first-order valence-electron chi connectivity index (χ1n) is 5.29. The molecule has 2 atom stereocenters. The van der Waals surface area contributed by atoms with Crippen LogP contribution >= 0.6 is 0 Å². The molecule has 7 heteroatoms. The van der Waals surface area contributed by atoms with Gasteiger partial charge in [0.05, 0.1) is 24.8 Å². The van der Waals surface area contributed by atoms with Crippen LogP contribution < -0.4 is 11.1 Å². The number of amides is 1. The van der Waals surface area contributed by atoms with Crippen molar-refractivity contribution in [3.05, 3.63) is 11.8 Å². The Morgan fingerprint density at radius 1 is 1.76 bits per heavy atom. The summed E-state index contributed by atoms with van der Waals surface area (Å²) in [6, 6.07) is 1.93. The number of hydrogen-bond acceptors (Lipinski definition) is 5. The molecule has 17 heavy (non-hydrogen) atoms. The lowest BCUT2D eigenvalue weighted by Crippen LogP contribution is -2.45. The molecule has 0 radical (unpaired) electrons. The summed E-state index contributed by atoms with van der Waals surface area (Å²) in [5, 5.41) is 17.9. The van der Waals surface area contributed by atoms with Gasteiger partial charge in [0.25, 0.3) is 5.91 Å². The predicted octanol–water partition coefficient (Wildman–Crippen LogP) is -0.350. The molecule has 7 nitrogen and oxygen atoms in total. The third-order valence-electron chi connectivity index (χ3n) is 2.75. The minimum absolute atomic E-state index is 0.199. The van der Waals surface area contributed by atoms with Crippen molar-refractivity contribution in [2.24, 2.45) is 5.92 Å². The van der Waals surface area contributed by atoms with Crippen LogP contribution in [0.15, 0.2) is 6.20 Å². The second kappa shape index (κ2) is 4.84. The fourth-order valence-electron chi connectivity index (χ4n) is 1.76. The van der Waals surface area contributed by atoms with Gasteiger partial charge in [-0.05, 0) is 6.42 Å². The van der Waals surface area contributed by atoms with Gasteiger partial charge >= 0.3 is 0 Å². The van der Waals surface area contributed by atoms with E-state index in [0.29, 0.717) is 25.2 Å². The minimum Gasteiger partial charge on any atom is -0.383 e. The molecule has 4 N–H and O–H groups in total. The monoisotopic (exact) mass is 235 g/mol. The normalized spacial score (nSPS) is 23.9. The summed E-state index contributed by atoms with van der Waals surface area (Å²) in [7, 11) is 0. The number of ether oxygens (including phenoxy) is 1. The lowest BCUT2D eigenvalue weighted by atomic mass is 9.97. The fraction of sp³-hybridized carbons (Fsp3) is 0.500. The second-order valence-electron chi connectivity index (χ2n) is 3.88. The number of anilines is 1. The van der Waals surface area contributed by atoms with Crippen LogP contribution in [-0.2, 0) is 4.74 Å². The Balaban J connectivity index is 2.03. The first kappa shape index (κ1) is 11.4. The number of aromatic nitrogens is 2. The molecule has 1 aliphatic rings. The molecule has 2 rings (SSSR count). The molecule has 2 unspecified atom stereocenters. The number of nitrogens with one attached hydrogen (secondary N) is 2. The van der Waals surface area contributed by atoms with Crippen molar-refractivity contribution >= 4 is 11.7 Å². The van der Waals surface area contributed by atoms with E-state index in [1.165, 1.54) is 6.20 Å². The number of nitrogen functional groups attached to an aromatic ring is 1. The molecule has 0 bridgehead atoms. The van der Waals surface area contributed by atoms with E-state index in [2.05, 4.69) is 21.6 Å². The van der Waals surface area contributed by atoms with E-state index in [1.54, 1.807) is 0 Å². The summed E-state index contributed by atoms with van der Waals surface area (Å²) in [5.41, 5.74) is 5.84. The SMILES string of the molecule is N#CC1COCCC1NC(=O)c1cn[nH]c1N. The topological polar surface area (TPSA) is 117 Å². The highest BCUT2D eigenvalue weighted by Gasteiger charge is 2.28. The van der Waals surface area contributed by atoms with Gasteiger partial charge in [-0.25, -0.2) is 0 Å². The van der Waals surface area contributed by atoms with Crippen LogP contribution in [0.25, 0.3) is 0 Å². The first-order valence-corrected chi connectivity index (χ1v) is 5.29. The van der Waals surface area contributed by atoms with Gasteiger partial charge in [-0.1, -0.05) is 0 Å². The summed E-state index contributed by atoms with van der Waals surface area (Å²) >= 11 is 0. The van der Waals surface area contributed by atoms with Crippen molar-refractivity contribution in [3.63, 3.8) is 0 Å². The molecule has 1 fully saturated rings. The Kier molecular flexibility index (Phi) is 3.25. The van der Waals surface area contributed by atoms with E-state index in [0.717, 1.165) is 0 Å². The second-order valence-corrected chi connectivity index (χ2v) is 3.88. The third-order valence-corrected chi connectivity index (χ3v) is 2.75. The number of nitrogens with two attached hydrogens (primary N) is 1. The van der Waals surface area contributed by atoms with Crippen LogP contribution in [0.1, 0.15) is 16.8 Å². The zero-order chi connectivity index (χ0) is 12.3. The number of H-pyrrole nitrogens is 1. The lowest BCUT2D eigenvalue weighted by molar-refractivity contribution is 0.0489. The van der Waals surface area contributed by atoms with Crippen LogP contribution in [0.5, 0.6) is 0 Å². The Labute approximate surface area is 97.9 Å². The summed E-state index contributed by atoms with van der Waals surface area (Å²) < 4.78 is 5.18. The molecule has 1 saturated heterocycles. The van der Waals surface area contributed by atoms with Gasteiger partial charge in [-0.15, -0.1) is 0 Å². The van der Waals surface area contributed by atoms with Gasteiger partial charge in [-0.3, -0.25) is 9.89 Å². The zero-order valence-corrected chi connectivity index (χ0v) is 9.14. The zero-order valence-electron chi connectivity index (χ0n) is 9.14. The molecule has 1 aromatic heterocycles. The minimum atomic E-state index is -0.319. The van der Waals surface area contributed by atoms with Gasteiger partial charge in [0, 0.05) is 12.6 Å². The highest BCUT2D eigenvalue weighted by atomic mass is 16.5. The summed E-state index contributed by atoms with van der Waals surface area (Å²) in [6.45, 7) is 0.895. The molecule has 0 aliphatic carbocycles. The highest BCUT2D eigenvalue weighted by Crippen LogP contribution is 2.15. The molecule has 0 spiro atoms.